The molecule has 11 heteroatoms. The molecular formula is C21H37N3O8. The first-order valence-corrected chi connectivity index (χ1v) is 11.2. The van der Waals surface area contributed by atoms with Crippen molar-refractivity contribution in [3.8, 4) is 0 Å². The van der Waals surface area contributed by atoms with Crippen LogP contribution in [-0.2, 0) is 19.2 Å². The molecule has 184 valence electrons. The molecule has 0 aromatic carbocycles. The number of aliphatic carboxylic acids is 4. The summed E-state index contributed by atoms with van der Waals surface area (Å²) in [6.07, 6.45) is 8.22. The normalized spacial score (nSPS) is 14.8. The van der Waals surface area contributed by atoms with E-state index in [1.807, 2.05) is 0 Å². The topological polar surface area (TPSA) is 159 Å². The zero-order chi connectivity index (χ0) is 23.9. The Balaban J connectivity index is 2.57. The Hall–Kier alpha value is -2.24. The van der Waals surface area contributed by atoms with Crippen molar-refractivity contribution in [1.82, 2.24) is 14.7 Å². The fraction of sp³-hybridized carbons (Fsp3) is 0.810. The van der Waals surface area contributed by atoms with E-state index in [4.69, 9.17) is 10.2 Å². The van der Waals surface area contributed by atoms with E-state index in [1.165, 1.54) is 37.0 Å². The third kappa shape index (κ3) is 13.9. The second kappa shape index (κ2) is 15.5. The molecule has 0 spiro atoms. The molecule has 0 atom stereocenters. The van der Waals surface area contributed by atoms with Gasteiger partial charge in [0.15, 0.2) is 0 Å². The maximum Gasteiger partial charge on any atom is 0.317 e. The quantitative estimate of drug-likeness (QED) is 0.227. The van der Waals surface area contributed by atoms with Crippen LogP contribution in [-0.4, -0.2) is 118 Å². The molecule has 0 unspecified atom stereocenters. The Morgan fingerprint density at radius 2 is 0.938 bits per heavy atom. The van der Waals surface area contributed by atoms with Gasteiger partial charge < -0.3 is 20.4 Å². The second-order valence-corrected chi connectivity index (χ2v) is 8.48. The Morgan fingerprint density at radius 1 is 0.562 bits per heavy atom. The average molecular weight is 460 g/mol. The lowest BCUT2D eigenvalue weighted by Gasteiger charge is -2.28. The highest BCUT2D eigenvalue weighted by atomic mass is 16.4. The highest BCUT2D eigenvalue weighted by molar-refractivity contribution is 5.72. The maximum absolute atomic E-state index is 11.3. The minimum absolute atomic E-state index is 0.0759. The van der Waals surface area contributed by atoms with Crippen molar-refractivity contribution in [2.75, 3.05) is 58.9 Å². The summed E-state index contributed by atoms with van der Waals surface area (Å²) in [7, 11) is 0. The van der Waals surface area contributed by atoms with E-state index in [9.17, 15) is 29.4 Å². The SMILES string of the molecule is O=C(O)CN(CCCC1CCCCC1)CCN(CCN(CC(=O)O)CC(=O)O)CC(=O)O. The summed E-state index contributed by atoms with van der Waals surface area (Å²) in [6, 6.07) is 0. The summed E-state index contributed by atoms with van der Waals surface area (Å²) < 4.78 is 0. The third-order valence-electron chi connectivity index (χ3n) is 5.71. The van der Waals surface area contributed by atoms with E-state index in [2.05, 4.69) is 0 Å². The zero-order valence-electron chi connectivity index (χ0n) is 18.7. The van der Waals surface area contributed by atoms with Crippen molar-refractivity contribution in [3.63, 3.8) is 0 Å². The lowest BCUT2D eigenvalue weighted by atomic mass is 9.86. The summed E-state index contributed by atoms with van der Waals surface area (Å²) in [5.41, 5.74) is 0. The molecule has 0 aromatic rings. The molecule has 1 rings (SSSR count). The maximum atomic E-state index is 11.3. The van der Waals surface area contributed by atoms with Crippen LogP contribution in [0.3, 0.4) is 0 Å². The number of hydrogen-bond donors (Lipinski definition) is 4. The minimum Gasteiger partial charge on any atom is -0.480 e. The molecule has 32 heavy (non-hydrogen) atoms. The van der Waals surface area contributed by atoms with Crippen molar-refractivity contribution in [3.05, 3.63) is 0 Å². The molecule has 0 radical (unpaired) electrons. The molecule has 1 saturated carbocycles. The van der Waals surface area contributed by atoms with E-state index in [-0.39, 0.29) is 32.7 Å². The van der Waals surface area contributed by atoms with Gasteiger partial charge in [0.25, 0.3) is 0 Å². The summed E-state index contributed by atoms with van der Waals surface area (Å²) in [6.45, 7) is 0.168. The van der Waals surface area contributed by atoms with Gasteiger partial charge in [0.1, 0.15) is 0 Å². The van der Waals surface area contributed by atoms with Crippen LogP contribution >= 0.6 is 0 Å². The van der Waals surface area contributed by atoms with E-state index < -0.39 is 37.0 Å². The van der Waals surface area contributed by atoms with Crippen LogP contribution in [0.25, 0.3) is 0 Å². The Kier molecular flexibility index (Phi) is 13.5. The van der Waals surface area contributed by atoms with Gasteiger partial charge >= 0.3 is 23.9 Å². The molecule has 0 heterocycles. The fourth-order valence-corrected chi connectivity index (χ4v) is 4.16. The molecule has 0 aliphatic heterocycles. The molecule has 0 saturated heterocycles. The standard InChI is InChI=1S/C21H37N3O8/c25-18(26)13-22(8-4-7-17-5-2-1-3-6-17)9-10-23(14-19(27)28)11-12-24(15-20(29)30)16-21(31)32/h17H,1-16H2,(H,25,26)(H,27,28)(H,29,30)(H,31,32). The number of carboxylic acids is 4. The molecule has 1 fully saturated rings. The molecular weight excluding hydrogens is 422 g/mol. The van der Waals surface area contributed by atoms with E-state index >= 15 is 0 Å². The van der Waals surface area contributed by atoms with Crippen LogP contribution < -0.4 is 0 Å². The molecule has 0 bridgehead atoms. The van der Waals surface area contributed by atoms with Crippen LogP contribution in [0, 0.1) is 5.92 Å². The highest BCUT2D eigenvalue weighted by Gasteiger charge is 2.19. The van der Waals surface area contributed by atoms with Crippen LogP contribution in [0.5, 0.6) is 0 Å². The smallest absolute Gasteiger partial charge is 0.317 e. The number of rotatable bonds is 18. The van der Waals surface area contributed by atoms with Gasteiger partial charge in [0.2, 0.25) is 0 Å². The Labute approximate surface area is 188 Å². The third-order valence-corrected chi connectivity index (χ3v) is 5.71. The monoisotopic (exact) mass is 459 g/mol. The molecule has 1 aliphatic carbocycles. The van der Waals surface area contributed by atoms with Crippen LogP contribution in [0.1, 0.15) is 44.9 Å². The minimum atomic E-state index is -1.17. The Bertz CT molecular complexity index is 594. The fourth-order valence-electron chi connectivity index (χ4n) is 4.16. The lowest BCUT2D eigenvalue weighted by Crippen LogP contribution is -2.44. The number of nitrogens with zero attached hydrogens (tertiary/aromatic N) is 3. The number of carboxylic acid groups (broad SMARTS) is 4. The average Bonchev–Trinajstić information content (AvgIpc) is 2.68. The molecule has 0 aromatic heterocycles. The molecule has 1 aliphatic rings. The summed E-state index contributed by atoms with van der Waals surface area (Å²) >= 11 is 0. The molecule has 0 amide bonds. The van der Waals surface area contributed by atoms with Gasteiger partial charge in [0, 0.05) is 26.2 Å². The van der Waals surface area contributed by atoms with Crippen molar-refractivity contribution in [2.24, 2.45) is 5.92 Å². The summed E-state index contributed by atoms with van der Waals surface area (Å²) in [5, 5.41) is 36.3. The van der Waals surface area contributed by atoms with E-state index in [1.54, 1.807) is 9.80 Å². The van der Waals surface area contributed by atoms with Gasteiger partial charge in [-0.2, -0.15) is 0 Å². The summed E-state index contributed by atoms with van der Waals surface area (Å²) in [5.74, 6) is -3.63. The number of hydrogen-bond acceptors (Lipinski definition) is 7. The van der Waals surface area contributed by atoms with Gasteiger partial charge in [-0.25, -0.2) is 0 Å². The van der Waals surface area contributed by atoms with Crippen molar-refractivity contribution < 1.29 is 39.6 Å². The predicted octanol–water partition coefficient (Wildman–Crippen LogP) is 0.591. The van der Waals surface area contributed by atoms with Gasteiger partial charge in [-0.05, 0) is 25.3 Å². The number of carbonyl (C=O) groups is 4. The Morgan fingerprint density at radius 3 is 1.38 bits per heavy atom. The van der Waals surface area contributed by atoms with Crippen molar-refractivity contribution >= 4 is 23.9 Å². The summed E-state index contributed by atoms with van der Waals surface area (Å²) in [4.78, 5) is 49.0. The molecule has 11 nitrogen and oxygen atoms in total. The second-order valence-electron chi connectivity index (χ2n) is 8.48. The van der Waals surface area contributed by atoms with Gasteiger partial charge in [0.05, 0.1) is 26.2 Å². The first-order chi connectivity index (χ1) is 15.2. The van der Waals surface area contributed by atoms with Crippen LogP contribution in [0.2, 0.25) is 0 Å². The largest absolute Gasteiger partial charge is 0.480 e. The first kappa shape index (κ1) is 27.8. The van der Waals surface area contributed by atoms with Gasteiger partial charge in [-0.3, -0.25) is 33.9 Å². The van der Waals surface area contributed by atoms with Gasteiger partial charge in [-0.1, -0.05) is 32.1 Å². The van der Waals surface area contributed by atoms with Crippen molar-refractivity contribution in [2.45, 2.75) is 44.9 Å². The van der Waals surface area contributed by atoms with Crippen LogP contribution in [0.15, 0.2) is 0 Å². The predicted molar refractivity (Wildman–Crippen MR) is 116 cm³/mol. The zero-order valence-corrected chi connectivity index (χ0v) is 18.7. The van der Waals surface area contributed by atoms with Gasteiger partial charge in [-0.15, -0.1) is 0 Å². The lowest BCUT2D eigenvalue weighted by molar-refractivity contribution is -0.143. The van der Waals surface area contributed by atoms with E-state index in [0.717, 1.165) is 12.8 Å². The molecule has 4 N–H and O–H groups in total. The highest BCUT2D eigenvalue weighted by Crippen LogP contribution is 2.27. The first-order valence-electron chi connectivity index (χ1n) is 11.2. The van der Waals surface area contributed by atoms with E-state index in [0.29, 0.717) is 19.0 Å². The van der Waals surface area contributed by atoms with Crippen LogP contribution in [0.4, 0.5) is 0 Å². The van der Waals surface area contributed by atoms with Crippen molar-refractivity contribution in [1.29, 1.82) is 0 Å².